The first-order valence-corrected chi connectivity index (χ1v) is 4.87. The van der Waals surface area contributed by atoms with Crippen LogP contribution < -0.4 is 10.6 Å². The molecule has 0 saturated carbocycles. The van der Waals surface area contributed by atoms with Gasteiger partial charge in [-0.3, -0.25) is 0 Å². The molecule has 0 unspecified atom stereocenters. The Morgan fingerprint density at radius 2 is 1.76 bits per heavy atom. The molecule has 1 rings (SSSR count). The molecule has 0 saturated heterocycles. The quantitative estimate of drug-likeness (QED) is 0.380. The van der Waals surface area contributed by atoms with Crippen molar-refractivity contribution in [1.29, 1.82) is 0 Å². The largest absolute Gasteiger partial charge is 0.359 e. The number of benzene rings is 1. The van der Waals surface area contributed by atoms with E-state index in [0.29, 0.717) is 0 Å². The Hall–Kier alpha value is -1.63. The molecule has 1 aromatic carbocycles. The molecule has 7 heteroatoms. The van der Waals surface area contributed by atoms with E-state index < -0.39 is 29.0 Å². The van der Waals surface area contributed by atoms with Gasteiger partial charge >= 0.3 is 0 Å². The normalized spacial score (nSPS) is 9.88. The van der Waals surface area contributed by atoms with Gasteiger partial charge in [-0.15, -0.1) is 6.58 Å². The van der Waals surface area contributed by atoms with Gasteiger partial charge in [0.05, 0.1) is 0 Å². The molecule has 0 heterocycles. The zero-order chi connectivity index (χ0) is 13.0. The Kier molecular flexibility index (Phi) is 4.45. The Labute approximate surface area is 100 Å². The Morgan fingerprint density at radius 1 is 1.24 bits per heavy atom. The van der Waals surface area contributed by atoms with E-state index in [-0.39, 0.29) is 17.7 Å². The summed E-state index contributed by atoms with van der Waals surface area (Å²) in [7, 11) is 0. The smallest absolute Gasteiger partial charge is 0.185 e. The van der Waals surface area contributed by atoms with E-state index >= 15 is 0 Å². The molecule has 0 fully saturated rings. The van der Waals surface area contributed by atoms with Gasteiger partial charge in [0, 0.05) is 12.6 Å². The van der Waals surface area contributed by atoms with E-state index in [4.69, 9.17) is 0 Å². The van der Waals surface area contributed by atoms with E-state index in [1.165, 1.54) is 6.08 Å². The van der Waals surface area contributed by atoms with Crippen LogP contribution in [0.15, 0.2) is 18.7 Å². The van der Waals surface area contributed by atoms with Crippen molar-refractivity contribution in [3.8, 4) is 0 Å². The Morgan fingerprint density at radius 3 is 2.24 bits per heavy atom. The van der Waals surface area contributed by atoms with Crippen LogP contribution in [0.4, 0.5) is 23.2 Å². The minimum absolute atomic E-state index is 0.121. The highest BCUT2D eigenvalue weighted by Gasteiger charge is 2.19. The van der Waals surface area contributed by atoms with E-state index in [0.717, 1.165) is 0 Å². The summed E-state index contributed by atoms with van der Waals surface area (Å²) in [5, 5.41) is 4.36. The Balaban J connectivity index is 2.97. The van der Waals surface area contributed by atoms with Gasteiger partial charge in [0.2, 0.25) is 0 Å². The molecule has 1 aromatic rings. The van der Waals surface area contributed by atoms with Gasteiger partial charge in [0.25, 0.3) is 0 Å². The van der Waals surface area contributed by atoms with Crippen molar-refractivity contribution < 1.29 is 17.6 Å². The van der Waals surface area contributed by atoms with Crippen LogP contribution in [-0.2, 0) is 0 Å². The molecule has 0 aliphatic rings. The monoisotopic (exact) mass is 264 g/mol. The standard InChI is InChI=1S/C10H8F4N2S/c1-2-3-15-10(17)16-9-7(13)5(11)4-6(12)8(9)14/h2,4H,1,3H2,(H2,15,16,17). The number of nitrogens with one attached hydrogen (secondary N) is 2. The second-order valence-corrected chi connectivity index (χ2v) is 3.38. The van der Waals surface area contributed by atoms with Crippen LogP contribution in [0.2, 0.25) is 0 Å². The summed E-state index contributed by atoms with van der Waals surface area (Å²) < 4.78 is 52.0. The SMILES string of the molecule is C=CCNC(=S)Nc1c(F)c(F)cc(F)c1F. The van der Waals surface area contributed by atoms with E-state index in [2.05, 4.69) is 24.1 Å². The lowest BCUT2D eigenvalue weighted by molar-refractivity contribution is 0.459. The lowest BCUT2D eigenvalue weighted by Crippen LogP contribution is -2.29. The van der Waals surface area contributed by atoms with Gasteiger partial charge in [0.1, 0.15) is 5.69 Å². The third-order valence-electron chi connectivity index (χ3n) is 1.76. The summed E-state index contributed by atoms with van der Waals surface area (Å²) in [5.41, 5.74) is -0.968. The summed E-state index contributed by atoms with van der Waals surface area (Å²) in [6.45, 7) is 3.63. The second kappa shape index (κ2) is 5.62. The number of thiocarbonyl (C=S) groups is 1. The van der Waals surface area contributed by atoms with E-state index in [9.17, 15) is 17.6 Å². The molecule has 0 bridgehead atoms. The average Bonchev–Trinajstić information content (AvgIpc) is 2.29. The van der Waals surface area contributed by atoms with Gasteiger partial charge in [-0.05, 0) is 12.2 Å². The first kappa shape index (κ1) is 13.4. The minimum atomic E-state index is -1.54. The topological polar surface area (TPSA) is 24.1 Å². The molecule has 0 aliphatic carbocycles. The van der Waals surface area contributed by atoms with Crippen molar-refractivity contribution in [2.45, 2.75) is 0 Å². The van der Waals surface area contributed by atoms with Gasteiger partial charge in [-0.2, -0.15) is 0 Å². The molecule has 2 nitrogen and oxygen atoms in total. The van der Waals surface area contributed by atoms with Crippen molar-refractivity contribution in [2.24, 2.45) is 0 Å². The Bertz CT molecular complexity index is 436. The predicted octanol–water partition coefficient (Wildman–Crippen LogP) is 2.72. The summed E-state index contributed by atoms with van der Waals surface area (Å²) in [5.74, 6) is -6.07. The van der Waals surface area contributed by atoms with Crippen LogP contribution in [0.3, 0.4) is 0 Å². The third-order valence-corrected chi connectivity index (χ3v) is 2.00. The number of hydrogen-bond donors (Lipinski definition) is 2. The van der Waals surface area contributed by atoms with E-state index in [1.54, 1.807) is 0 Å². The number of rotatable bonds is 3. The number of hydrogen-bond acceptors (Lipinski definition) is 1. The fourth-order valence-electron chi connectivity index (χ4n) is 1.01. The molecule has 0 aromatic heterocycles. The van der Waals surface area contributed by atoms with Gasteiger partial charge in [-0.1, -0.05) is 6.08 Å². The first-order chi connectivity index (χ1) is 7.97. The van der Waals surface area contributed by atoms with Crippen molar-refractivity contribution in [2.75, 3.05) is 11.9 Å². The third kappa shape index (κ3) is 3.16. The molecular weight excluding hydrogens is 256 g/mol. The zero-order valence-electron chi connectivity index (χ0n) is 8.49. The van der Waals surface area contributed by atoms with Crippen LogP contribution in [0.1, 0.15) is 0 Å². The lowest BCUT2D eigenvalue weighted by Gasteiger charge is -2.11. The van der Waals surface area contributed by atoms with Crippen LogP contribution in [0.25, 0.3) is 0 Å². The molecule has 0 radical (unpaired) electrons. The minimum Gasteiger partial charge on any atom is -0.359 e. The second-order valence-electron chi connectivity index (χ2n) is 2.97. The van der Waals surface area contributed by atoms with Crippen molar-refractivity contribution in [1.82, 2.24) is 5.32 Å². The predicted molar refractivity (Wildman–Crippen MR) is 60.7 cm³/mol. The van der Waals surface area contributed by atoms with Crippen molar-refractivity contribution >= 4 is 23.0 Å². The highest BCUT2D eigenvalue weighted by molar-refractivity contribution is 7.80. The maximum absolute atomic E-state index is 13.2. The molecule has 2 N–H and O–H groups in total. The lowest BCUT2D eigenvalue weighted by atomic mass is 10.2. The first-order valence-electron chi connectivity index (χ1n) is 4.46. The summed E-state index contributed by atoms with van der Waals surface area (Å²) in [6, 6.07) is 0.121. The molecule has 0 atom stereocenters. The molecule has 0 amide bonds. The van der Waals surface area contributed by atoms with Gasteiger partial charge in [0.15, 0.2) is 28.4 Å². The summed E-state index contributed by atoms with van der Waals surface area (Å²) in [4.78, 5) is 0. The van der Waals surface area contributed by atoms with Gasteiger partial charge in [-0.25, -0.2) is 17.6 Å². The number of anilines is 1. The molecule has 17 heavy (non-hydrogen) atoms. The molecular formula is C10H8F4N2S. The highest BCUT2D eigenvalue weighted by Crippen LogP contribution is 2.23. The van der Waals surface area contributed by atoms with Crippen LogP contribution in [0.5, 0.6) is 0 Å². The fourth-order valence-corrected chi connectivity index (χ4v) is 1.19. The zero-order valence-corrected chi connectivity index (χ0v) is 9.31. The fraction of sp³-hybridized carbons (Fsp3) is 0.100. The number of halogens is 4. The highest BCUT2D eigenvalue weighted by atomic mass is 32.1. The summed E-state index contributed by atoms with van der Waals surface area (Å²) >= 11 is 4.66. The van der Waals surface area contributed by atoms with Gasteiger partial charge < -0.3 is 10.6 Å². The molecule has 92 valence electrons. The maximum Gasteiger partial charge on any atom is 0.185 e. The van der Waals surface area contributed by atoms with E-state index in [1.807, 2.05) is 5.32 Å². The van der Waals surface area contributed by atoms with Crippen LogP contribution in [0, 0.1) is 23.3 Å². The summed E-state index contributed by atoms with van der Waals surface area (Å²) in [6.07, 6.45) is 1.45. The molecule has 0 aliphatic heterocycles. The van der Waals surface area contributed by atoms with Crippen molar-refractivity contribution in [3.63, 3.8) is 0 Å². The maximum atomic E-state index is 13.2. The van der Waals surface area contributed by atoms with Crippen LogP contribution in [-0.4, -0.2) is 11.7 Å². The van der Waals surface area contributed by atoms with Crippen molar-refractivity contribution in [3.05, 3.63) is 42.0 Å². The molecule has 0 spiro atoms. The average molecular weight is 264 g/mol. The van der Waals surface area contributed by atoms with Crippen LogP contribution >= 0.6 is 12.2 Å².